The number of carbonyl (C=O) groups is 1. The minimum absolute atomic E-state index is 0.0493. The third kappa shape index (κ3) is 4.83. The molecule has 1 aliphatic rings. The summed E-state index contributed by atoms with van der Waals surface area (Å²) in [6, 6.07) is 18.2. The number of ketones is 1. The van der Waals surface area contributed by atoms with Crippen molar-refractivity contribution in [3.05, 3.63) is 87.3 Å². The number of nitrogens with zero attached hydrogens (tertiary/aromatic N) is 2. The monoisotopic (exact) mass is 415 g/mol. The Labute approximate surface area is 183 Å². The van der Waals surface area contributed by atoms with Gasteiger partial charge in [-0.1, -0.05) is 42.5 Å². The van der Waals surface area contributed by atoms with Crippen molar-refractivity contribution in [1.29, 1.82) is 0 Å². The second kappa shape index (κ2) is 9.40. The average Bonchev–Trinajstić information content (AvgIpc) is 2.81. The van der Waals surface area contributed by atoms with E-state index in [0.717, 1.165) is 18.7 Å². The fourth-order valence-electron chi connectivity index (χ4n) is 4.38. The molecular weight excluding hydrogens is 386 g/mol. The van der Waals surface area contributed by atoms with Gasteiger partial charge in [-0.3, -0.25) is 9.59 Å². The van der Waals surface area contributed by atoms with Gasteiger partial charge in [-0.25, -0.2) is 4.68 Å². The van der Waals surface area contributed by atoms with Crippen molar-refractivity contribution < 1.29 is 4.79 Å². The van der Waals surface area contributed by atoms with Crippen molar-refractivity contribution in [3.63, 3.8) is 0 Å². The van der Waals surface area contributed by atoms with E-state index >= 15 is 0 Å². The van der Waals surface area contributed by atoms with Gasteiger partial charge in [-0.15, -0.1) is 0 Å². The summed E-state index contributed by atoms with van der Waals surface area (Å²) in [5.74, 6) is 0.603. The van der Waals surface area contributed by atoms with Gasteiger partial charge in [0.2, 0.25) is 0 Å². The first kappa shape index (κ1) is 21.2. The van der Waals surface area contributed by atoms with E-state index < -0.39 is 0 Å². The number of benzene rings is 2. The molecule has 2 aromatic carbocycles. The summed E-state index contributed by atoms with van der Waals surface area (Å²) in [5, 5.41) is 7.50. The quantitative estimate of drug-likeness (QED) is 0.617. The van der Waals surface area contributed by atoms with Gasteiger partial charge in [0.15, 0.2) is 5.78 Å². The van der Waals surface area contributed by atoms with Gasteiger partial charge in [-0.05, 0) is 79.1 Å². The van der Waals surface area contributed by atoms with E-state index in [-0.39, 0.29) is 11.3 Å². The molecule has 0 unspecified atom stereocenters. The Morgan fingerprint density at radius 2 is 1.81 bits per heavy atom. The van der Waals surface area contributed by atoms with Crippen molar-refractivity contribution in [3.8, 4) is 11.1 Å². The average molecular weight is 416 g/mol. The lowest BCUT2D eigenvalue weighted by Gasteiger charge is -2.23. The van der Waals surface area contributed by atoms with E-state index in [2.05, 4.69) is 59.8 Å². The maximum absolute atomic E-state index is 12.6. The SMILES string of the molecule is Cc1c(CCC(=O)c2ccc(=O)n(C)n2)cccc1-c1ccc(C2CCNCC2)cc1. The van der Waals surface area contributed by atoms with Gasteiger partial charge in [0.05, 0.1) is 0 Å². The van der Waals surface area contributed by atoms with Crippen LogP contribution in [0.1, 0.15) is 52.4 Å². The fourth-order valence-corrected chi connectivity index (χ4v) is 4.38. The molecule has 4 rings (SSSR count). The summed E-state index contributed by atoms with van der Waals surface area (Å²) >= 11 is 0. The lowest BCUT2D eigenvalue weighted by Crippen LogP contribution is -2.26. The minimum atomic E-state index is -0.216. The second-order valence-corrected chi connectivity index (χ2v) is 8.34. The van der Waals surface area contributed by atoms with Crippen LogP contribution in [0.15, 0.2) is 59.4 Å². The Kier molecular flexibility index (Phi) is 6.42. The Bertz CT molecular complexity index is 1130. The van der Waals surface area contributed by atoms with Gasteiger partial charge in [0.1, 0.15) is 5.69 Å². The summed E-state index contributed by atoms with van der Waals surface area (Å²) < 4.78 is 1.20. The van der Waals surface area contributed by atoms with Gasteiger partial charge in [0, 0.05) is 19.5 Å². The number of nitrogens with one attached hydrogen (secondary N) is 1. The van der Waals surface area contributed by atoms with E-state index in [1.807, 2.05) is 0 Å². The zero-order valence-electron chi connectivity index (χ0n) is 18.2. The largest absolute Gasteiger partial charge is 0.317 e. The molecule has 31 heavy (non-hydrogen) atoms. The second-order valence-electron chi connectivity index (χ2n) is 8.34. The first-order valence-corrected chi connectivity index (χ1v) is 11.0. The number of Topliss-reactive ketones (excluding diaryl/α,β-unsaturated/α-hetero) is 1. The van der Waals surface area contributed by atoms with Gasteiger partial charge in [0.25, 0.3) is 5.56 Å². The molecule has 0 aliphatic carbocycles. The van der Waals surface area contributed by atoms with Crippen LogP contribution in [-0.2, 0) is 13.5 Å². The lowest BCUT2D eigenvalue weighted by atomic mass is 9.88. The molecule has 0 saturated carbocycles. The molecule has 2 heterocycles. The van der Waals surface area contributed by atoms with Crippen molar-refractivity contribution in [1.82, 2.24) is 15.1 Å². The highest BCUT2D eigenvalue weighted by atomic mass is 16.1. The third-order valence-electron chi connectivity index (χ3n) is 6.35. The highest BCUT2D eigenvalue weighted by Gasteiger charge is 2.16. The van der Waals surface area contributed by atoms with Crippen LogP contribution < -0.4 is 10.9 Å². The van der Waals surface area contributed by atoms with Crippen LogP contribution >= 0.6 is 0 Å². The summed E-state index contributed by atoms with van der Waals surface area (Å²) in [4.78, 5) is 24.0. The van der Waals surface area contributed by atoms with Crippen molar-refractivity contribution in [2.45, 2.75) is 38.5 Å². The molecule has 0 radical (unpaired) electrons. The van der Waals surface area contributed by atoms with Crippen LogP contribution in [0.25, 0.3) is 11.1 Å². The molecule has 1 aromatic heterocycles. The Morgan fingerprint density at radius 1 is 1.06 bits per heavy atom. The molecule has 1 saturated heterocycles. The Balaban J connectivity index is 1.48. The van der Waals surface area contributed by atoms with E-state index in [1.54, 1.807) is 7.05 Å². The molecule has 0 amide bonds. The zero-order chi connectivity index (χ0) is 21.8. The Hall–Kier alpha value is -3.05. The molecule has 0 atom stereocenters. The van der Waals surface area contributed by atoms with Gasteiger partial charge < -0.3 is 5.32 Å². The van der Waals surface area contributed by atoms with Crippen molar-refractivity contribution >= 4 is 5.78 Å². The van der Waals surface area contributed by atoms with Crippen LogP contribution in [0.5, 0.6) is 0 Å². The number of aromatic nitrogens is 2. The molecule has 160 valence electrons. The van der Waals surface area contributed by atoms with Crippen LogP contribution in [0, 0.1) is 6.92 Å². The number of carbonyl (C=O) groups excluding carboxylic acids is 1. The number of hydrogen-bond donors (Lipinski definition) is 1. The van der Waals surface area contributed by atoms with Crippen molar-refractivity contribution in [2.24, 2.45) is 7.05 Å². The first-order chi connectivity index (χ1) is 15.0. The standard InChI is InChI=1S/C26H29N3O2/c1-18-19(10-12-25(30)24-11-13-26(31)29(2)28-24)4-3-5-23(18)22-8-6-20(7-9-22)21-14-16-27-17-15-21/h3-9,11,13,21,27H,10,12,14-17H2,1-2H3. The first-order valence-electron chi connectivity index (χ1n) is 11.0. The number of aryl methyl sites for hydroxylation is 2. The maximum Gasteiger partial charge on any atom is 0.266 e. The van der Waals surface area contributed by atoms with Gasteiger partial charge >= 0.3 is 0 Å². The summed E-state index contributed by atoms with van der Waals surface area (Å²) in [6.45, 7) is 4.32. The van der Waals surface area contributed by atoms with Crippen LogP contribution in [0.3, 0.4) is 0 Å². The van der Waals surface area contributed by atoms with Crippen LogP contribution in [0.4, 0.5) is 0 Å². The molecular formula is C26H29N3O2. The van der Waals surface area contributed by atoms with E-state index in [0.29, 0.717) is 24.5 Å². The highest BCUT2D eigenvalue weighted by molar-refractivity contribution is 5.94. The molecule has 1 aliphatic heterocycles. The molecule has 1 fully saturated rings. The maximum atomic E-state index is 12.6. The van der Waals surface area contributed by atoms with Crippen LogP contribution in [-0.4, -0.2) is 28.7 Å². The summed E-state index contributed by atoms with van der Waals surface area (Å²) in [6.07, 6.45) is 3.42. The van der Waals surface area contributed by atoms with E-state index in [4.69, 9.17) is 0 Å². The predicted octanol–water partition coefficient (Wildman–Crippen LogP) is 4.04. The normalized spacial score (nSPS) is 14.5. The van der Waals surface area contributed by atoms with Crippen molar-refractivity contribution in [2.75, 3.05) is 13.1 Å². The predicted molar refractivity (Wildman–Crippen MR) is 124 cm³/mol. The summed E-state index contributed by atoms with van der Waals surface area (Å²) in [5.41, 5.74) is 6.34. The molecule has 1 N–H and O–H groups in total. The zero-order valence-corrected chi connectivity index (χ0v) is 18.2. The summed E-state index contributed by atoms with van der Waals surface area (Å²) in [7, 11) is 1.56. The number of rotatable bonds is 6. The molecule has 0 bridgehead atoms. The lowest BCUT2D eigenvalue weighted by molar-refractivity contribution is 0.0975. The fraction of sp³-hybridized carbons (Fsp3) is 0.346. The molecule has 5 heteroatoms. The van der Waals surface area contributed by atoms with Gasteiger partial charge in [-0.2, -0.15) is 5.10 Å². The Morgan fingerprint density at radius 3 is 2.52 bits per heavy atom. The molecule has 3 aromatic rings. The van der Waals surface area contributed by atoms with E-state index in [9.17, 15) is 9.59 Å². The molecule has 0 spiro atoms. The highest BCUT2D eigenvalue weighted by Crippen LogP contribution is 2.30. The third-order valence-corrected chi connectivity index (χ3v) is 6.35. The smallest absolute Gasteiger partial charge is 0.266 e. The topological polar surface area (TPSA) is 64.0 Å². The van der Waals surface area contributed by atoms with Crippen LogP contribution in [0.2, 0.25) is 0 Å². The number of hydrogen-bond acceptors (Lipinski definition) is 4. The molecule has 5 nitrogen and oxygen atoms in total. The number of piperidine rings is 1. The minimum Gasteiger partial charge on any atom is -0.317 e. The van der Waals surface area contributed by atoms with E-state index in [1.165, 1.54) is 51.9 Å².